The second-order valence-corrected chi connectivity index (χ2v) is 1.87. The fourth-order valence-corrected chi connectivity index (χ4v) is 0.467. The minimum absolute atomic E-state index is 0. The van der Waals surface area contributed by atoms with Gasteiger partial charge in [-0.2, -0.15) is 0 Å². The number of hydrogen-bond acceptors (Lipinski definition) is 4. The van der Waals surface area contributed by atoms with E-state index in [0.717, 1.165) is 0 Å². The van der Waals surface area contributed by atoms with Crippen LogP contribution in [-0.2, 0) is 0 Å². The molecule has 0 amide bonds. The number of nitrogens with one attached hydrogen (secondary N) is 1. The first-order valence-electron chi connectivity index (χ1n) is 2.84. The highest BCUT2D eigenvalue weighted by Crippen LogP contribution is 1.88. The Morgan fingerprint density at radius 1 is 1.30 bits per heavy atom. The maximum Gasteiger partial charge on any atom is 0.104 e. The van der Waals surface area contributed by atoms with Gasteiger partial charge in [-0.15, -0.1) is 24.0 Å². The third kappa shape index (κ3) is 5.36. The average Bonchev–Trinajstić information content (AvgIpc) is 1.87. The van der Waals surface area contributed by atoms with Gasteiger partial charge in [0.1, 0.15) is 6.10 Å². The van der Waals surface area contributed by atoms with Crippen molar-refractivity contribution in [3.63, 3.8) is 0 Å². The third-order valence-corrected chi connectivity index (χ3v) is 1.04. The summed E-state index contributed by atoms with van der Waals surface area (Å²) < 4.78 is 0. The zero-order valence-corrected chi connectivity index (χ0v) is 8.15. The maximum absolute atomic E-state index is 8.85. The summed E-state index contributed by atoms with van der Waals surface area (Å²) in [6, 6.07) is 0. The molecule has 0 fully saturated rings. The Morgan fingerprint density at radius 3 is 2.10 bits per heavy atom. The lowest BCUT2D eigenvalue weighted by atomic mass is 10.2. The number of aliphatic hydroxyl groups excluding tert-OH is 3. The van der Waals surface area contributed by atoms with Crippen LogP contribution in [-0.4, -0.2) is 47.7 Å². The van der Waals surface area contributed by atoms with Crippen LogP contribution in [0.25, 0.3) is 0 Å². The fraction of sp³-hybridized carbons (Fsp3) is 1.00. The molecular weight excluding hydrogens is 249 g/mol. The minimum atomic E-state index is -1.03. The van der Waals surface area contributed by atoms with Gasteiger partial charge < -0.3 is 20.6 Å². The summed E-state index contributed by atoms with van der Waals surface area (Å²) in [6.45, 7) is -0.107. The highest BCUT2D eigenvalue weighted by molar-refractivity contribution is 14.0. The van der Waals surface area contributed by atoms with Crippen molar-refractivity contribution < 1.29 is 15.3 Å². The molecule has 0 saturated carbocycles. The normalized spacial score (nSPS) is 15.6. The van der Waals surface area contributed by atoms with Crippen LogP contribution in [0.3, 0.4) is 0 Å². The van der Waals surface area contributed by atoms with Crippen LogP contribution in [0.5, 0.6) is 0 Å². The van der Waals surface area contributed by atoms with E-state index in [2.05, 4.69) is 5.32 Å². The first kappa shape index (κ1) is 13.2. The number of rotatable bonds is 4. The molecule has 0 aliphatic rings. The monoisotopic (exact) mass is 263 g/mol. The number of likely N-dealkylation sites (N-methyl/N-ethyl adjacent to an activating group) is 1. The topological polar surface area (TPSA) is 72.7 Å². The third-order valence-electron chi connectivity index (χ3n) is 1.04. The molecule has 0 aromatic rings. The molecule has 0 aliphatic heterocycles. The SMILES string of the molecule is CNC[C@H](O)[C@H](O)CO.I. The van der Waals surface area contributed by atoms with Crippen molar-refractivity contribution in [1.82, 2.24) is 5.32 Å². The molecule has 0 aromatic carbocycles. The van der Waals surface area contributed by atoms with Gasteiger partial charge in [-0.25, -0.2) is 0 Å². The van der Waals surface area contributed by atoms with Crippen LogP contribution in [0, 0.1) is 0 Å². The molecule has 0 rings (SSSR count). The maximum atomic E-state index is 8.85. The molecule has 5 heteroatoms. The van der Waals surface area contributed by atoms with E-state index in [1.807, 2.05) is 0 Å². The van der Waals surface area contributed by atoms with E-state index >= 15 is 0 Å². The van der Waals surface area contributed by atoms with E-state index < -0.39 is 18.8 Å². The molecule has 0 heterocycles. The quantitative estimate of drug-likeness (QED) is 0.468. The molecular formula is C5H14INO3. The summed E-state index contributed by atoms with van der Waals surface area (Å²) in [5, 5.41) is 28.5. The van der Waals surface area contributed by atoms with E-state index in [1.54, 1.807) is 7.05 Å². The summed E-state index contributed by atoms with van der Waals surface area (Å²) in [6.07, 6.45) is -1.91. The summed E-state index contributed by atoms with van der Waals surface area (Å²) in [5.41, 5.74) is 0. The Hall–Kier alpha value is 0.570. The van der Waals surface area contributed by atoms with Crippen LogP contribution in [0.2, 0.25) is 0 Å². The van der Waals surface area contributed by atoms with Gasteiger partial charge in [0.05, 0.1) is 12.7 Å². The van der Waals surface area contributed by atoms with Crippen molar-refractivity contribution >= 4 is 24.0 Å². The second kappa shape index (κ2) is 7.67. The Morgan fingerprint density at radius 2 is 1.80 bits per heavy atom. The first-order valence-corrected chi connectivity index (χ1v) is 2.84. The van der Waals surface area contributed by atoms with Gasteiger partial charge in [-0.3, -0.25) is 0 Å². The Bertz CT molecular complexity index is 73.9. The lowest BCUT2D eigenvalue weighted by Gasteiger charge is -2.13. The van der Waals surface area contributed by atoms with Gasteiger partial charge in [0.2, 0.25) is 0 Å². The highest BCUT2D eigenvalue weighted by atomic mass is 127. The van der Waals surface area contributed by atoms with Crippen LogP contribution >= 0.6 is 24.0 Å². The van der Waals surface area contributed by atoms with Crippen LogP contribution in [0.4, 0.5) is 0 Å². The van der Waals surface area contributed by atoms with E-state index in [1.165, 1.54) is 0 Å². The zero-order chi connectivity index (χ0) is 7.28. The van der Waals surface area contributed by atoms with Crippen LogP contribution in [0.1, 0.15) is 0 Å². The molecule has 64 valence electrons. The second-order valence-electron chi connectivity index (χ2n) is 1.87. The van der Waals surface area contributed by atoms with Crippen molar-refractivity contribution in [2.45, 2.75) is 12.2 Å². The highest BCUT2D eigenvalue weighted by Gasteiger charge is 2.12. The van der Waals surface area contributed by atoms with E-state index in [0.29, 0.717) is 6.54 Å². The lowest BCUT2D eigenvalue weighted by molar-refractivity contribution is -0.0120. The molecule has 0 aliphatic carbocycles. The smallest absolute Gasteiger partial charge is 0.104 e. The molecule has 4 nitrogen and oxygen atoms in total. The molecule has 4 N–H and O–H groups in total. The van der Waals surface area contributed by atoms with Crippen molar-refractivity contribution in [3.8, 4) is 0 Å². The summed E-state index contributed by atoms with van der Waals surface area (Å²) in [7, 11) is 1.66. The predicted octanol–water partition coefficient (Wildman–Crippen LogP) is -1.46. The van der Waals surface area contributed by atoms with Gasteiger partial charge in [0.15, 0.2) is 0 Å². The fourth-order valence-electron chi connectivity index (χ4n) is 0.467. The molecule has 10 heavy (non-hydrogen) atoms. The van der Waals surface area contributed by atoms with E-state index in [4.69, 9.17) is 15.3 Å². The van der Waals surface area contributed by atoms with Crippen molar-refractivity contribution in [2.24, 2.45) is 0 Å². The van der Waals surface area contributed by atoms with E-state index in [-0.39, 0.29) is 24.0 Å². The van der Waals surface area contributed by atoms with Crippen molar-refractivity contribution in [1.29, 1.82) is 0 Å². The molecule has 2 atom stereocenters. The van der Waals surface area contributed by atoms with Gasteiger partial charge >= 0.3 is 0 Å². The largest absolute Gasteiger partial charge is 0.394 e. The molecule has 0 radical (unpaired) electrons. The van der Waals surface area contributed by atoms with Gasteiger partial charge in [-0.05, 0) is 7.05 Å². The number of hydrogen-bond donors (Lipinski definition) is 4. The van der Waals surface area contributed by atoms with Crippen molar-refractivity contribution in [3.05, 3.63) is 0 Å². The van der Waals surface area contributed by atoms with Gasteiger partial charge in [0, 0.05) is 6.54 Å². The summed E-state index contributed by atoms with van der Waals surface area (Å²) in [4.78, 5) is 0. The lowest BCUT2D eigenvalue weighted by Crippen LogP contribution is -2.36. The first-order chi connectivity index (χ1) is 4.22. The zero-order valence-electron chi connectivity index (χ0n) is 5.82. The standard InChI is InChI=1S/C5H13NO3.HI/c1-6-2-4(8)5(9)3-7;/h4-9H,2-3H2,1H3;1H/t4-,5+;/m0./s1. The summed E-state index contributed by atoms with van der Waals surface area (Å²) >= 11 is 0. The Labute approximate surface area is 77.3 Å². The minimum Gasteiger partial charge on any atom is -0.394 e. The van der Waals surface area contributed by atoms with Crippen LogP contribution < -0.4 is 5.32 Å². The molecule has 0 saturated heterocycles. The molecule has 0 spiro atoms. The van der Waals surface area contributed by atoms with Gasteiger partial charge in [-0.1, -0.05) is 0 Å². The van der Waals surface area contributed by atoms with Crippen molar-refractivity contribution in [2.75, 3.05) is 20.2 Å². The number of halogens is 1. The van der Waals surface area contributed by atoms with Crippen LogP contribution in [0.15, 0.2) is 0 Å². The summed E-state index contributed by atoms with van der Waals surface area (Å²) in [5.74, 6) is 0. The molecule has 0 aromatic heterocycles. The van der Waals surface area contributed by atoms with E-state index in [9.17, 15) is 0 Å². The molecule has 0 bridgehead atoms. The predicted molar refractivity (Wildman–Crippen MR) is 48.4 cm³/mol. The molecule has 0 unspecified atom stereocenters. The average molecular weight is 263 g/mol. The Balaban J connectivity index is 0. The van der Waals surface area contributed by atoms with Gasteiger partial charge in [0.25, 0.3) is 0 Å². The Kier molecular flexibility index (Phi) is 10.1. The number of aliphatic hydroxyl groups is 3.